The number of hydrogen-bond acceptors (Lipinski definition) is 3. The molecule has 5 nitrogen and oxygen atoms in total. The van der Waals surface area contributed by atoms with E-state index in [0.29, 0.717) is 11.4 Å². The third-order valence-electron chi connectivity index (χ3n) is 2.86. The molecule has 0 saturated carbocycles. The van der Waals surface area contributed by atoms with Crippen LogP contribution in [0.4, 0.5) is 5.82 Å². The molecular formula is C15H14N2O3. The Balaban J connectivity index is 2.35. The maximum absolute atomic E-state index is 12.2. The van der Waals surface area contributed by atoms with Crippen LogP contribution in [0, 0.1) is 13.8 Å². The van der Waals surface area contributed by atoms with E-state index in [1.807, 2.05) is 13.0 Å². The molecule has 1 amide bonds. The number of aryl methyl sites for hydroxylation is 2. The lowest BCUT2D eigenvalue weighted by Crippen LogP contribution is -2.18. The maximum atomic E-state index is 12.2. The highest BCUT2D eigenvalue weighted by Crippen LogP contribution is 2.16. The first-order valence-electron chi connectivity index (χ1n) is 6.07. The van der Waals surface area contributed by atoms with Crippen molar-refractivity contribution in [3.63, 3.8) is 0 Å². The van der Waals surface area contributed by atoms with Crippen molar-refractivity contribution in [1.29, 1.82) is 0 Å². The van der Waals surface area contributed by atoms with Crippen molar-refractivity contribution < 1.29 is 14.7 Å². The topological polar surface area (TPSA) is 79.3 Å². The number of aromatic nitrogens is 1. The number of nitrogens with zero attached hydrogens (tertiary/aromatic N) is 1. The van der Waals surface area contributed by atoms with Crippen molar-refractivity contribution in [1.82, 2.24) is 4.98 Å². The number of hydrogen-bond donors (Lipinski definition) is 2. The second-order valence-electron chi connectivity index (χ2n) is 4.42. The lowest BCUT2D eigenvalue weighted by Gasteiger charge is -2.09. The minimum absolute atomic E-state index is 0.0117. The van der Waals surface area contributed by atoms with Crippen LogP contribution >= 0.6 is 0 Å². The van der Waals surface area contributed by atoms with E-state index in [2.05, 4.69) is 10.3 Å². The fraction of sp³-hybridized carbons (Fsp3) is 0.133. The number of nitrogens with one attached hydrogen (secondary N) is 1. The Hall–Kier alpha value is -2.69. The van der Waals surface area contributed by atoms with E-state index in [4.69, 9.17) is 0 Å². The number of pyridine rings is 1. The summed E-state index contributed by atoms with van der Waals surface area (Å²) >= 11 is 0. The van der Waals surface area contributed by atoms with Crippen LogP contribution in [0.5, 0.6) is 0 Å². The molecule has 1 heterocycles. The summed E-state index contributed by atoms with van der Waals surface area (Å²) in [5.41, 5.74) is 1.45. The van der Waals surface area contributed by atoms with Gasteiger partial charge in [0.1, 0.15) is 5.82 Å². The number of carboxylic acids is 1. The van der Waals surface area contributed by atoms with Gasteiger partial charge in [-0.2, -0.15) is 0 Å². The number of benzene rings is 1. The zero-order chi connectivity index (χ0) is 14.7. The first-order valence-corrected chi connectivity index (χ1v) is 6.07. The van der Waals surface area contributed by atoms with Crippen LogP contribution < -0.4 is 5.32 Å². The minimum atomic E-state index is -1.12. The molecule has 5 heteroatoms. The molecule has 0 aliphatic rings. The summed E-state index contributed by atoms with van der Waals surface area (Å²) < 4.78 is 0. The molecule has 102 valence electrons. The van der Waals surface area contributed by atoms with Gasteiger partial charge in [-0.1, -0.05) is 18.2 Å². The highest BCUT2D eigenvalue weighted by molar-refractivity contribution is 6.10. The Labute approximate surface area is 116 Å². The molecule has 0 fully saturated rings. The fourth-order valence-electron chi connectivity index (χ4n) is 1.94. The average molecular weight is 270 g/mol. The van der Waals surface area contributed by atoms with Gasteiger partial charge in [0.15, 0.2) is 0 Å². The van der Waals surface area contributed by atoms with E-state index in [1.165, 1.54) is 6.07 Å². The Kier molecular flexibility index (Phi) is 3.79. The van der Waals surface area contributed by atoms with Gasteiger partial charge >= 0.3 is 5.97 Å². The van der Waals surface area contributed by atoms with Crippen molar-refractivity contribution in [3.05, 3.63) is 58.8 Å². The van der Waals surface area contributed by atoms with Crippen LogP contribution in [0.3, 0.4) is 0 Å². The lowest BCUT2D eigenvalue weighted by atomic mass is 10.0. The van der Waals surface area contributed by atoms with Crippen molar-refractivity contribution in [2.75, 3.05) is 5.32 Å². The fourth-order valence-corrected chi connectivity index (χ4v) is 1.94. The first-order chi connectivity index (χ1) is 9.49. The smallest absolute Gasteiger partial charge is 0.336 e. The van der Waals surface area contributed by atoms with Crippen LogP contribution in [0.15, 0.2) is 36.4 Å². The third-order valence-corrected chi connectivity index (χ3v) is 2.86. The summed E-state index contributed by atoms with van der Waals surface area (Å²) in [5, 5.41) is 11.8. The predicted molar refractivity (Wildman–Crippen MR) is 75.1 cm³/mol. The molecule has 1 aromatic heterocycles. The standard InChI is InChI=1S/C15H14N2O3/c1-9-5-3-7-11(13(9)15(19)20)14(18)17-12-8-4-6-10(2)16-12/h3-8H,1-2H3,(H,19,20)(H,16,17,18). The summed E-state index contributed by atoms with van der Waals surface area (Å²) in [5.74, 6) is -1.21. The zero-order valence-electron chi connectivity index (χ0n) is 11.2. The lowest BCUT2D eigenvalue weighted by molar-refractivity contribution is 0.0691. The van der Waals surface area contributed by atoms with Gasteiger partial charge in [0.25, 0.3) is 5.91 Å². The number of carbonyl (C=O) groups excluding carboxylic acids is 1. The first kappa shape index (κ1) is 13.7. The zero-order valence-corrected chi connectivity index (χ0v) is 11.2. The molecule has 20 heavy (non-hydrogen) atoms. The Bertz CT molecular complexity index is 681. The number of anilines is 1. The average Bonchev–Trinajstić information content (AvgIpc) is 2.37. The maximum Gasteiger partial charge on any atom is 0.336 e. The largest absolute Gasteiger partial charge is 0.478 e. The van der Waals surface area contributed by atoms with E-state index in [0.717, 1.165) is 5.69 Å². The summed E-state index contributed by atoms with van der Waals surface area (Å²) in [7, 11) is 0. The molecule has 2 N–H and O–H groups in total. The Morgan fingerprint density at radius 3 is 2.45 bits per heavy atom. The Morgan fingerprint density at radius 2 is 1.80 bits per heavy atom. The molecule has 2 rings (SSSR count). The molecule has 0 aliphatic carbocycles. The number of carbonyl (C=O) groups is 2. The summed E-state index contributed by atoms with van der Waals surface area (Å²) in [6, 6.07) is 10.0. The highest BCUT2D eigenvalue weighted by atomic mass is 16.4. The van der Waals surface area contributed by atoms with Crippen LogP contribution in [-0.2, 0) is 0 Å². The van der Waals surface area contributed by atoms with Gasteiger partial charge in [-0.15, -0.1) is 0 Å². The van der Waals surface area contributed by atoms with Gasteiger partial charge in [0, 0.05) is 5.69 Å². The Morgan fingerprint density at radius 1 is 1.10 bits per heavy atom. The van der Waals surface area contributed by atoms with Crippen molar-refractivity contribution in [3.8, 4) is 0 Å². The molecular weight excluding hydrogens is 256 g/mol. The van der Waals surface area contributed by atoms with E-state index >= 15 is 0 Å². The second-order valence-corrected chi connectivity index (χ2v) is 4.42. The van der Waals surface area contributed by atoms with Crippen LogP contribution in [-0.4, -0.2) is 22.0 Å². The number of aromatic carboxylic acids is 1. The minimum Gasteiger partial charge on any atom is -0.478 e. The summed E-state index contributed by atoms with van der Waals surface area (Å²) in [6.07, 6.45) is 0. The molecule has 0 unspecified atom stereocenters. The van der Waals surface area contributed by atoms with E-state index in [-0.39, 0.29) is 11.1 Å². The van der Waals surface area contributed by atoms with Crippen molar-refractivity contribution in [2.45, 2.75) is 13.8 Å². The molecule has 2 aromatic rings. The predicted octanol–water partition coefficient (Wildman–Crippen LogP) is 2.65. The number of amides is 1. The summed E-state index contributed by atoms with van der Waals surface area (Å²) in [6.45, 7) is 3.47. The van der Waals surface area contributed by atoms with Gasteiger partial charge in [0.05, 0.1) is 11.1 Å². The molecule has 0 atom stereocenters. The van der Waals surface area contributed by atoms with Gasteiger partial charge in [-0.05, 0) is 37.6 Å². The summed E-state index contributed by atoms with van der Waals surface area (Å²) in [4.78, 5) is 27.6. The SMILES string of the molecule is Cc1cccc(NC(=O)c2cccc(C)c2C(=O)O)n1. The van der Waals surface area contributed by atoms with Crippen LogP contribution in [0.2, 0.25) is 0 Å². The van der Waals surface area contributed by atoms with Gasteiger partial charge < -0.3 is 10.4 Å². The van der Waals surface area contributed by atoms with Gasteiger partial charge in [-0.25, -0.2) is 9.78 Å². The molecule has 0 aliphatic heterocycles. The highest BCUT2D eigenvalue weighted by Gasteiger charge is 2.18. The third kappa shape index (κ3) is 2.83. The van der Waals surface area contributed by atoms with Gasteiger partial charge in [0.2, 0.25) is 0 Å². The molecule has 0 spiro atoms. The molecule has 1 aromatic carbocycles. The van der Waals surface area contributed by atoms with Crippen molar-refractivity contribution >= 4 is 17.7 Å². The van der Waals surface area contributed by atoms with E-state index in [1.54, 1.807) is 31.2 Å². The van der Waals surface area contributed by atoms with E-state index < -0.39 is 11.9 Å². The normalized spacial score (nSPS) is 10.1. The van der Waals surface area contributed by atoms with Crippen LogP contribution in [0.1, 0.15) is 32.0 Å². The molecule has 0 saturated heterocycles. The molecule has 0 bridgehead atoms. The van der Waals surface area contributed by atoms with E-state index in [9.17, 15) is 14.7 Å². The van der Waals surface area contributed by atoms with Crippen molar-refractivity contribution in [2.24, 2.45) is 0 Å². The number of rotatable bonds is 3. The number of carboxylic acid groups (broad SMARTS) is 1. The monoisotopic (exact) mass is 270 g/mol. The second kappa shape index (κ2) is 5.52. The van der Waals surface area contributed by atoms with Crippen LogP contribution in [0.25, 0.3) is 0 Å². The quantitative estimate of drug-likeness (QED) is 0.898. The van der Waals surface area contributed by atoms with Gasteiger partial charge in [-0.3, -0.25) is 4.79 Å². The molecule has 0 radical (unpaired) electrons.